The molecule has 0 spiro atoms. The Morgan fingerprint density at radius 3 is 2.40 bits per heavy atom. The van der Waals surface area contributed by atoms with Gasteiger partial charge in [-0.2, -0.15) is 0 Å². The molecule has 1 fully saturated rings. The zero-order chi connectivity index (χ0) is 11.4. The van der Waals surface area contributed by atoms with Crippen molar-refractivity contribution in [1.82, 2.24) is 4.90 Å². The first-order valence-corrected chi connectivity index (χ1v) is 4.67. The molecule has 0 amide bonds. The molecule has 0 radical (unpaired) electrons. The normalized spacial score (nSPS) is 26.9. The molecule has 2 N–H and O–H groups in total. The molecular formula is C10H13NO4. The fourth-order valence-electron chi connectivity index (χ4n) is 1.84. The molecule has 0 saturated carbocycles. The van der Waals surface area contributed by atoms with Gasteiger partial charge >= 0.3 is 11.9 Å². The predicted octanol–water partition coefficient (Wildman–Crippen LogP) is -0.273. The molecule has 0 aliphatic carbocycles. The maximum absolute atomic E-state index is 10.9. The first kappa shape index (κ1) is 11.5. The number of likely N-dealkylation sites (tertiary alicyclic amines) is 1. The van der Waals surface area contributed by atoms with Gasteiger partial charge in [-0.25, -0.2) is 0 Å². The van der Waals surface area contributed by atoms with Crippen molar-refractivity contribution in [3.8, 4) is 12.3 Å². The highest BCUT2D eigenvalue weighted by Crippen LogP contribution is 2.23. The molecule has 1 rings (SSSR count). The SMILES string of the molecule is C#CCN1CCC(C(=O)O)C(C(=O)O)C1. The van der Waals surface area contributed by atoms with Gasteiger partial charge in [0.1, 0.15) is 0 Å². The third-order valence-corrected chi connectivity index (χ3v) is 2.65. The highest BCUT2D eigenvalue weighted by Gasteiger charge is 2.38. The number of nitrogens with zero attached hydrogens (tertiary/aromatic N) is 1. The number of aliphatic carboxylic acids is 2. The summed E-state index contributed by atoms with van der Waals surface area (Å²) in [7, 11) is 0. The second-order valence-corrected chi connectivity index (χ2v) is 3.62. The van der Waals surface area contributed by atoms with E-state index in [0.717, 1.165) is 0 Å². The van der Waals surface area contributed by atoms with Crippen LogP contribution in [0.25, 0.3) is 0 Å². The Bertz CT molecular complexity index is 307. The topological polar surface area (TPSA) is 77.8 Å². The standard InChI is InChI=1S/C10H13NO4/c1-2-4-11-5-3-7(9(12)13)8(6-11)10(14)15/h1,7-8H,3-6H2,(H,12,13)(H,14,15). The minimum absolute atomic E-state index is 0.219. The molecule has 1 saturated heterocycles. The second-order valence-electron chi connectivity index (χ2n) is 3.62. The maximum atomic E-state index is 10.9. The lowest BCUT2D eigenvalue weighted by atomic mass is 9.85. The van der Waals surface area contributed by atoms with Gasteiger partial charge in [0.2, 0.25) is 0 Å². The van der Waals surface area contributed by atoms with Gasteiger partial charge in [0.25, 0.3) is 0 Å². The number of hydrogen-bond donors (Lipinski definition) is 2. The van der Waals surface area contributed by atoms with Crippen molar-refractivity contribution < 1.29 is 19.8 Å². The van der Waals surface area contributed by atoms with Crippen LogP contribution in [0.15, 0.2) is 0 Å². The van der Waals surface area contributed by atoms with Gasteiger partial charge in [-0.15, -0.1) is 6.42 Å². The van der Waals surface area contributed by atoms with Crippen LogP contribution in [0, 0.1) is 24.2 Å². The van der Waals surface area contributed by atoms with Crippen LogP contribution in [-0.2, 0) is 9.59 Å². The van der Waals surface area contributed by atoms with Crippen molar-refractivity contribution in [3.63, 3.8) is 0 Å². The van der Waals surface area contributed by atoms with Crippen LogP contribution >= 0.6 is 0 Å². The van der Waals surface area contributed by atoms with E-state index in [-0.39, 0.29) is 6.54 Å². The minimum Gasteiger partial charge on any atom is -0.481 e. The zero-order valence-corrected chi connectivity index (χ0v) is 8.22. The number of hydrogen-bond acceptors (Lipinski definition) is 3. The summed E-state index contributed by atoms with van der Waals surface area (Å²) in [6, 6.07) is 0. The van der Waals surface area contributed by atoms with E-state index in [1.165, 1.54) is 0 Å². The molecule has 1 aliphatic heterocycles. The van der Waals surface area contributed by atoms with E-state index >= 15 is 0 Å². The van der Waals surface area contributed by atoms with E-state index in [1.807, 2.05) is 0 Å². The van der Waals surface area contributed by atoms with E-state index < -0.39 is 23.8 Å². The smallest absolute Gasteiger partial charge is 0.308 e. The van der Waals surface area contributed by atoms with Crippen molar-refractivity contribution >= 4 is 11.9 Å². The molecule has 82 valence electrons. The summed E-state index contributed by atoms with van der Waals surface area (Å²) in [5, 5.41) is 17.8. The second kappa shape index (κ2) is 4.80. The zero-order valence-electron chi connectivity index (χ0n) is 8.22. The molecule has 1 heterocycles. The molecule has 0 aromatic carbocycles. The lowest BCUT2D eigenvalue weighted by Gasteiger charge is -2.33. The van der Waals surface area contributed by atoms with Crippen molar-refractivity contribution in [2.75, 3.05) is 19.6 Å². The van der Waals surface area contributed by atoms with Crippen molar-refractivity contribution in [2.45, 2.75) is 6.42 Å². The van der Waals surface area contributed by atoms with Gasteiger partial charge in [-0.05, 0) is 13.0 Å². The molecule has 0 aromatic rings. The average molecular weight is 211 g/mol. The van der Waals surface area contributed by atoms with Gasteiger partial charge in [-0.1, -0.05) is 5.92 Å². The largest absolute Gasteiger partial charge is 0.481 e. The quantitative estimate of drug-likeness (QED) is 0.628. The summed E-state index contributed by atoms with van der Waals surface area (Å²) in [5.41, 5.74) is 0. The fourth-order valence-corrected chi connectivity index (χ4v) is 1.84. The summed E-state index contributed by atoms with van der Waals surface area (Å²) >= 11 is 0. The Labute approximate surface area is 87.7 Å². The molecule has 2 atom stereocenters. The van der Waals surface area contributed by atoms with Crippen LogP contribution in [-0.4, -0.2) is 46.7 Å². The van der Waals surface area contributed by atoms with E-state index in [1.54, 1.807) is 4.90 Å². The summed E-state index contributed by atoms with van der Waals surface area (Å²) in [4.78, 5) is 23.5. The van der Waals surface area contributed by atoms with Crippen LogP contribution in [0.1, 0.15) is 6.42 Å². The summed E-state index contributed by atoms with van der Waals surface area (Å²) in [5.74, 6) is -1.33. The van der Waals surface area contributed by atoms with E-state index in [4.69, 9.17) is 16.6 Å². The molecule has 5 heteroatoms. The van der Waals surface area contributed by atoms with Gasteiger partial charge in [-0.3, -0.25) is 14.5 Å². The third-order valence-electron chi connectivity index (χ3n) is 2.65. The van der Waals surface area contributed by atoms with Gasteiger partial charge in [0.15, 0.2) is 0 Å². The first-order chi connectivity index (χ1) is 7.06. The number of carboxylic acids is 2. The number of carbonyl (C=O) groups is 2. The lowest BCUT2D eigenvalue weighted by Crippen LogP contribution is -2.46. The van der Waals surface area contributed by atoms with Crippen molar-refractivity contribution in [2.24, 2.45) is 11.8 Å². The Balaban J connectivity index is 2.70. The van der Waals surface area contributed by atoms with E-state index in [2.05, 4.69) is 5.92 Å². The fraction of sp³-hybridized carbons (Fsp3) is 0.600. The third kappa shape index (κ3) is 2.70. The number of rotatable bonds is 3. The number of carboxylic acid groups (broad SMARTS) is 2. The van der Waals surface area contributed by atoms with E-state index in [9.17, 15) is 9.59 Å². The molecule has 2 unspecified atom stereocenters. The molecule has 0 bridgehead atoms. The van der Waals surface area contributed by atoms with E-state index in [0.29, 0.717) is 19.5 Å². The minimum atomic E-state index is -1.07. The van der Waals surface area contributed by atoms with Gasteiger partial charge < -0.3 is 10.2 Å². The maximum Gasteiger partial charge on any atom is 0.308 e. The highest BCUT2D eigenvalue weighted by molar-refractivity contribution is 5.80. The molecule has 0 aromatic heterocycles. The molecular weight excluding hydrogens is 198 g/mol. The predicted molar refractivity (Wildman–Crippen MR) is 52.1 cm³/mol. The summed E-state index contributed by atoms with van der Waals surface area (Å²) in [6.07, 6.45) is 5.46. The van der Waals surface area contributed by atoms with Crippen molar-refractivity contribution in [1.29, 1.82) is 0 Å². The summed E-state index contributed by atoms with van der Waals surface area (Å²) in [6.45, 7) is 1.14. The van der Waals surface area contributed by atoms with Crippen LogP contribution in [0.5, 0.6) is 0 Å². The molecule has 5 nitrogen and oxygen atoms in total. The Hall–Kier alpha value is -1.54. The molecule has 15 heavy (non-hydrogen) atoms. The van der Waals surface area contributed by atoms with Gasteiger partial charge in [0, 0.05) is 6.54 Å². The molecule has 1 aliphatic rings. The Morgan fingerprint density at radius 2 is 1.93 bits per heavy atom. The monoisotopic (exact) mass is 211 g/mol. The Morgan fingerprint density at radius 1 is 1.33 bits per heavy atom. The van der Waals surface area contributed by atoms with Crippen molar-refractivity contribution in [3.05, 3.63) is 0 Å². The average Bonchev–Trinajstić information content (AvgIpc) is 2.17. The van der Waals surface area contributed by atoms with Crippen LogP contribution in [0.4, 0.5) is 0 Å². The number of terminal acetylenes is 1. The highest BCUT2D eigenvalue weighted by atomic mass is 16.4. The van der Waals surface area contributed by atoms with Crippen LogP contribution < -0.4 is 0 Å². The van der Waals surface area contributed by atoms with Crippen LogP contribution in [0.3, 0.4) is 0 Å². The number of piperidine rings is 1. The van der Waals surface area contributed by atoms with Gasteiger partial charge in [0.05, 0.1) is 18.4 Å². The summed E-state index contributed by atoms with van der Waals surface area (Å²) < 4.78 is 0. The Kier molecular flexibility index (Phi) is 3.69. The first-order valence-electron chi connectivity index (χ1n) is 4.67. The lowest BCUT2D eigenvalue weighted by molar-refractivity contribution is -0.156. The van der Waals surface area contributed by atoms with Crippen LogP contribution in [0.2, 0.25) is 0 Å².